The summed E-state index contributed by atoms with van der Waals surface area (Å²) in [7, 11) is 5.51. The maximum absolute atomic E-state index is 11.9. The lowest BCUT2D eigenvalue weighted by Crippen LogP contribution is -2.02. The number of carbonyl (C=O) groups excluding carboxylic acids is 2. The molecule has 0 atom stereocenters. The molecule has 0 radical (unpaired) electrons. The topological polar surface area (TPSA) is 71.1 Å². The van der Waals surface area contributed by atoms with E-state index in [0.717, 1.165) is 0 Å². The lowest BCUT2D eigenvalue weighted by atomic mass is 10.1. The average Bonchev–Trinajstić information content (AvgIpc) is 2.50. The van der Waals surface area contributed by atoms with E-state index >= 15 is 0 Å². The monoisotopic (exact) mass is 278 g/mol. The van der Waals surface area contributed by atoms with E-state index < -0.39 is 11.8 Å². The molecule has 1 aromatic carbocycles. The summed E-state index contributed by atoms with van der Waals surface area (Å²) in [6.07, 6.45) is 0. The third-order valence-corrected chi connectivity index (χ3v) is 2.39. The first kappa shape index (κ1) is 15.4. The standard InChI is InChI=1S/C14H14O6/c1-17-11-7-9(8-12(18-2)14(11)20-4)10(15)5-6-13(16)19-3/h7-8H,1-4H3. The van der Waals surface area contributed by atoms with E-state index in [1.165, 1.54) is 40.6 Å². The van der Waals surface area contributed by atoms with Crippen molar-refractivity contribution in [2.45, 2.75) is 0 Å². The molecule has 0 aliphatic heterocycles. The first-order valence-corrected chi connectivity index (χ1v) is 5.51. The number of esters is 1. The number of ketones is 1. The van der Waals surface area contributed by atoms with Crippen LogP contribution < -0.4 is 14.2 Å². The fraction of sp³-hybridized carbons (Fsp3) is 0.286. The zero-order valence-electron chi connectivity index (χ0n) is 11.6. The van der Waals surface area contributed by atoms with Crippen molar-refractivity contribution < 1.29 is 28.5 Å². The van der Waals surface area contributed by atoms with Gasteiger partial charge >= 0.3 is 5.97 Å². The molecular formula is C14H14O6. The number of Topliss-reactive ketones (excluding diaryl/α,β-unsaturated/α-hetero) is 1. The molecule has 0 spiro atoms. The van der Waals surface area contributed by atoms with Gasteiger partial charge in [0.1, 0.15) is 0 Å². The molecule has 1 rings (SSSR count). The molecule has 1 aromatic rings. The molecule has 6 nitrogen and oxygen atoms in total. The van der Waals surface area contributed by atoms with Gasteiger partial charge in [-0.05, 0) is 18.1 Å². The molecule has 0 N–H and O–H groups in total. The van der Waals surface area contributed by atoms with E-state index in [1.54, 1.807) is 0 Å². The highest BCUT2D eigenvalue weighted by Crippen LogP contribution is 2.38. The van der Waals surface area contributed by atoms with Crippen molar-refractivity contribution in [2.75, 3.05) is 28.4 Å². The van der Waals surface area contributed by atoms with Crippen molar-refractivity contribution in [1.82, 2.24) is 0 Å². The minimum Gasteiger partial charge on any atom is -0.493 e. The summed E-state index contributed by atoms with van der Waals surface area (Å²) in [5.41, 5.74) is 0.218. The zero-order valence-corrected chi connectivity index (χ0v) is 11.6. The predicted octanol–water partition coefficient (Wildman–Crippen LogP) is 1.07. The van der Waals surface area contributed by atoms with Crippen molar-refractivity contribution in [3.8, 4) is 29.1 Å². The van der Waals surface area contributed by atoms with E-state index in [2.05, 4.69) is 16.6 Å². The third kappa shape index (κ3) is 3.42. The van der Waals surface area contributed by atoms with Crippen LogP contribution in [-0.4, -0.2) is 40.2 Å². The van der Waals surface area contributed by atoms with Gasteiger partial charge < -0.3 is 18.9 Å². The van der Waals surface area contributed by atoms with E-state index in [1.807, 2.05) is 0 Å². The van der Waals surface area contributed by atoms with E-state index in [4.69, 9.17) is 14.2 Å². The van der Waals surface area contributed by atoms with Gasteiger partial charge in [-0.1, -0.05) is 0 Å². The van der Waals surface area contributed by atoms with Gasteiger partial charge in [-0.25, -0.2) is 4.79 Å². The normalized spacial score (nSPS) is 9.00. The van der Waals surface area contributed by atoms with Gasteiger partial charge in [-0.2, -0.15) is 0 Å². The predicted molar refractivity (Wildman–Crippen MR) is 70.2 cm³/mol. The van der Waals surface area contributed by atoms with Gasteiger partial charge in [0.2, 0.25) is 11.5 Å². The van der Waals surface area contributed by atoms with Crippen LogP contribution in [0.25, 0.3) is 0 Å². The van der Waals surface area contributed by atoms with Crippen LogP contribution in [0.3, 0.4) is 0 Å². The first-order chi connectivity index (χ1) is 9.57. The molecule has 20 heavy (non-hydrogen) atoms. The lowest BCUT2D eigenvalue weighted by Gasteiger charge is -2.12. The molecule has 0 fully saturated rings. The number of methoxy groups -OCH3 is 4. The number of rotatable bonds is 4. The molecule has 0 amide bonds. The van der Waals surface area contributed by atoms with Crippen LogP contribution in [0, 0.1) is 11.8 Å². The molecule has 6 heteroatoms. The van der Waals surface area contributed by atoms with Crippen LogP contribution in [0.2, 0.25) is 0 Å². The van der Waals surface area contributed by atoms with Crippen LogP contribution in [0.1, 0.15) is 10.4 Å². The van der Waals surface area contributed by atoms with Gasteiger partial charge in [0.15, 0.2) is 11.5 Å². The fourth-order valence-electron chi connectivity index (χ4n) is 1.44. The highest BCUT2D eigenvalue weighted by molar-refractivity contribution is 6.12. The smallest absolute Gasteiger partial charge is 0.384 e. The lowest BCUT2D eigenvalue weighted by molar-refractivity contribution is -0.133. The molecule has 106 valence electrons. The largest absolute Gasteiger partial charge is 0.493 e. The van der Waals surface area contributed by atoms with Gasteiger partial charge in [0, 0.05) is 11.5 Å². The minimum atomic E-state index is -0.786. The Bertz CT molecular complexity index is 554. The van der Waals surface area contributed by atoms with Gasteiger partial charge in [0.25, 0.3) is 0 Å². The molecule has 0 saturated carbocycles. The highest BCUT2D eigenvalue weighted by Gasteiger charge is 2.16. The Kier molecular flexibility index (Phi) is 5.42. The number of carbonyl (C=O) groups is 2. The summed E-state index contributed by atoms with van der Waals surface area (Å²) < 4.78 is 19.7. The van der Waals surface area contributed by atoms with Crippen LogP contribution in [0.4, 0.5) is 0 Å². The number of hydrogen-bond acceptors (Lipinski definition) is 6. The van der Waals surface area contributed by atoms with Crippen LogP contribution in [-0.2, 0) is 9.53 Å². The molecule has 0 aliphatic rings. The average molecular weight is 278 g/mol. The Morgan fingerprint density at radius 3 is 1.85 bits per heavy atom. The third-order valence-electron chi connectivity index (χ3n) is 2.39. The van der Waals surface area contributed by atoms with Crippen LogP contribution >= 0.6 is 0 Å². The van der Waals surface area contributed by atoms with Crippen molar-refractivity contribution in [2.24, 2.45) is 0 Å². The van der Waals surface area contributed by atoms with Crippen molar-refractivity contribution in [3.63, 3.8) is 0 Å². The highest BCUT2D eigenvalue weighted by atomic mass is 16.5. The summed E-state index contributed by atoms with van der Waals surface area (Å²) in [5, 5.41) is 0. The second-order valence-electron chi connectivity index (χ2n) is 3.48. The minimum absolute atomic E-state index is 0.218. The summed E-state index contributed by atoms with van der Waals surface area (Å²) in [6, 6.07) is 2.91. The molecular weight excluding hydrogens is 264 g/mol. The SMILES string of the molecule is COC(=O)C#CC(=O)c1cc(OC)c(OC)c(OC)c1. The van der Waals surface area contributed by atoms with E-state index in [9.17, 15) is 9.59 Å². The number of benzene rings is 1. The van der Waals surface area contributed by atoms with E-state index in [0.29, 0.717) is 17.2 Å². The van der Waals surface area contributed by atoms with Gasteiger partial charge in [-0.3, -0.25) is 4.79 Å². The Balaban J connectivity index is 3.21. The molecule has 0 aromatic heterocycles. The van der Waals surface area contributed by atoms with Gasteiger partial charge in [-0.15, -0.1) is 0 Å². The van der Waals surface area contributed by atoms with E-state index in [-0.39, 0.29) is 5.56 Å². The maximum Gasteiger partial charge on any atom is 0.384 e. The molecule has 0 unspecified atom stereocenters. The second kappa shape index (κ2) is 7.04. The Morgan fingerprint density at radius 2 is 1.45 bits per heavy atom. The Labute approximate surface area is 116 Å². The van der Waals surface area contributed by atoms with Crippen LogP contribution in [0.5, 0.6) is 17.2 Å². The zero-order chi connectivity index (χ0) is 15.1. The van der Waals surface area contributed by atoms with Gasteiger partial charge in [0.05, 0.1) is 28.4 Å². The second-order valence-corrected chi connectivity index (χ2v) is 3.48. The molecule has 0 bridgehead atoms. The number of hydrogen-bond donors (Lipinski definition) is 0. The number of ether oxygens (including phenoxy) is 4. The summed E-state index contributed by atoms with van der Waals surface area (Å²) in [4.78, 5) is 22.7. The fourth-order valence-corrected chi connectivity index (χ4v) is 1.44. The molecule has 0 heterocycles. The van der Waals surface area contributed by atoms with Crippen molar-refractivity contribution in [3.05, 3.63) is 17.7 Å². The molecule has 0 saturated heterocycles. The van der Waals surface area contributed by atoms with Crippen LogP contribution in [0.15, 0.2) is 12.1 Å². The summed E-state index contributed by atoms with van der Waals surface area (Å²) in [6.45, 7) is 0. The summed E-state index contributed by atoms with van der Waals surface area (Å²) in [5.74, 6) is 3.91. The quantitative estimate of drug-likeness (QED) is 0.270. The Morgan fingerprint density at radius 1 is 0.900 bits per heavy atom. The summed E-state index contributed by atoms with van der Waals surface area (Å²) >= 11 is 0. The van der Waals surface area contributed by atoms with Crippen molar-refractivity contribution in [1.29, 1.82) is 0 Å². The Hall–Kier alpha value is -2.68. The molecule has 0 aliphatic carbocycles. The van der Waals surface area contributed by atoms with Crippen molar-refractivity contribution >= 4 is 11.8 Å². The maximum atomic E-state index is 11.9. The first-order valence-electron chi connectivity index (χ1n) is 5.51.